The van der Waals surface area contributed by atoms with E-state index in [1.807, 2.05) is 12.1 Å². The fraction of sp³-hybridized carbons (Fsp3) is 0.545. The molecule has 0 amide bonds. The molecule has 3 heteroatoms. The Kier molecular flexibility index (Phi) is 2.42. The molecule has 1 aliphatic rings. The highest BCUT2D eigenvalue weighted by Crippen LogP contribution is 2.23. The molecule has 1 N–H and O–H groups in total. The van der Waals surface area contributed by atoms with Gasteiger partial charge < -0.3 is 10.1 Å². The van der Waals surface area contributed by atoms with Gasteiger partial charge in [0.25, 0.3) is 0 Å². The third-order valence-electron chi connectivity index (χ3n) is 2.70. The normalized spacial score (nSPS) is 24.9. The Bertz CT molecular complexity index is 297. The molecule has 0 saturated carbocycles. The maximum Gasteiger partial charge on any atom is 0.138 e. The van der Waals surface area contributed by atoms with E-state index in [4.69, 9.17) is 4.74 Å². The summed E-state index contributed by atoms with van der Waals surface area (Å²) in [6.07, 6.45) is 4.81. The first-order valence-corrected chi connectivity index (χ1v) is 5.00. The molecule has 0 spiro atoms. The van der Waals surface area contributed by atoms with Crippen LogP contribution in [-0.4, -0.2) is 23.2 Å². The van der Waals surface area contributed by atoms with Crippen LogP contribution in [0.3, 0.4) is 0 Å². The van der Waals surface area contributed by atoms with E-state index < -0.39 is 0 Å². The van der Waals surface area contributed by atoms with Gasteiger partial charge in [0.15, 0.2) is 0 Å². The monoisotopic (exact) mass is 192 g/mol. The largest absolute Gasteiger partial charge is 0.487 e. The molecule has 2 heterocycles. The van der Waals surface area contributed by atoms with Crippen LogP contribution in [0, 0.1) is 0 Å². The second-order valence-electron chi connectivity index (χ2n) is 4.23. The number of hydrogen-bond acceptors (Lipinski definition) is 3. The van der Waals surface area contributed by atoms with E-state index in [0.29, 0.717) is 0 Å². The minimum atomic E-state index is 0.0653. The lowest BCUT2D eigenvalue weighted by atomic mass is 10.00. The highest BCUT2D eigenvalue weighted by Gasteiger charge is 2.35. The van der Waals surface area contributed by atoms with Crippen molar-refractivity contribution in [1.82, 2.24) is 10.3 Å². The molecule has 1 saturated heterocycles. The summed E-state index contributed by atoms with van der Waals surface area (Å²) >= 11 is 0. The quantitative estimate of drug-likeness (QED) is 0.772. The summed E-state index contributed by atoms with van der Waals surface area (Å²) in [6, 6.07) is 3.84. The van der Waals surface area contributed by atoms with Gasteiger partial charge in [0.2, 0.25) is 0 Å². The Hall–Kier alpha value is -1.09. The van der Waals surface area contributed by atoms with Crippen LogP contribution < -0.4 is 10.1 Å². The van der Waals surface area contributed by atoms with Crippen LogP contribution in [0.5, 0.6) is 5.75 Å². The first-order valence-electron chi connectivity index (χ1n) is 5.00. The Balaban J connectivity index is 2.05. The van der Waals surface area contributed by atoms with E-state index in [1.54, 1.807) is 12.4 Å². The number of ether oxygens (including phenoxy) is 1. The van der Waals surface area contributed by atoms with E-state index >= 15 is 0 Å². The van der Waals surface area contributed by atoms with Gasteiger partial charge in [-0.1, -0.05) is 0 Å². The molecule has 3 nitrogen and oxygen atoms in total. The lowest BCUT2D eigenvalue weighted by Crippen LogP contribution is -2.44. The summed E-state index contributed by atoms with van der Waals surface area (Å²) in [5.41, 5.74) is 0.0653. The average molecular weight is 192 g/mol. The van der Waals surface area contributed by atoms with Gasteiger partial charge in [0.05, 0.1) is 6.20 Å². The van der Waals surface area contributed by atoms with Crippen LogP contribution in [0.15, 0.2) is 24.5 Å². The van der Waals surface area contributed by atoms with Crippen molar-refractivity contribution in [3.8, 4) is 5.75 Å². The Morgan fingerprint density at radius 3 is 3.00 bits per heavy atom. The molecule has 1 aromatic rings. The topological polar surface area (TPSA) is 34.1 Å². The van der Waals surface area contributed by atoms with Gasteiger partial charge in [0.1, 0.15) is 11.9 Å². The summed E-state index contributed by atoms with van der Waals surface area (Å²) < 4.78 is 5.87. The molecule has 0 aromatic carbocycles. The predicted molar refractivity (Wildman–Crippen MR) is 55.4 cm³/mol. The number of hydrogen-bond donors (Lipinski definition) is 1. The Morgan fingerprint density at radius 1 is 1.57 bits per heavy atom. The maximum atomic E-state index is 5.87. The van der Waals surface area contributed by atoms with Crippen molar-refractivity contribution in [3.63, 3.8) is 0 Å². The molecule has 1 fully saturated rings. The summed E-state index contributed by atoms with van der Waals surface area (Å²) in [4.78, 5) is 4.03. The molecule has 0 radical (unpaired) electrons. The third-order valence-corrected chi connectivity index (χ3v) is 2.70. The fourth-order valence-corrected chi connectivity index (χ4v) is 1.79. The zero-order chi connectivity index (χ0) is 10.0. The average Bonchev–Trinajstić information content (AvgIpc) is 2.48. The first-order chi connectivity index (χ1) is 6.68. The van der Waals surface area contributed by atoms with Crippen molar-refractivity contribution in [1.29, 1.82) is 0 Å². The maximum absolute atomic E-state index is 5.87. The molecular weight excluding hydrogens is 176 g/mol. The van der Waals surface area contributed by atoms with Gasteiger partial charge in [-0.15, -0.1) is 0 Å². The molecule has 0 aliphatic carbocycles. The number of nitrogens with zero attached hydrogens (tertiary/aromatic N) is 1. The number of pyridine rings is 1. The van der Waals surface area contributed by atoms with Crippen LogP contribution >= 0.6 is 0 Å². The molecule has 76 valence electrons. The van der Waals surface area contributed by atoms with Crippen molar-refractivity contribution in [2.75, 3.05) is 6.54 Å². The predicted octanol–water partition coefficient (Wildman–Crippen LogP) is 1.60. The minimum absolute atomic E-state index is 0.0653. The van der Waals surface area contributed by atoms with E-state index in [0.717, 1.165) is 18.7 Å². The highest BCUT2D eigenvalue weighted by atomic mass is 16.5. The molecule has 1 atom stereocenters. The van der Waals surface area contributed by atoms with Gasteiger partial charge in [-0.3, -0.25) is 4.98 Å². The van der Waals surface area contributed by atoms with Gasteiger partial charge in [-0.2, -0.15) is 0 Å². The third kappa shape index (κ3) is 1.87. The van der Waals surface area contributed by atoms with E-state index in [-0.39, 0.29) is 11.6 Å². The summed E-state index contributed by atoms with van der Waals surface area (Å²) in [5, 5.41) is 3.42. The molecule has 2 rings (SSSR count). The summed E-state index contributed by atoms with van der Waals surface area (Å²) in [6.45, 7) is 5.36. The minimum Gasteiger partial charge on any atom is -0.487 e. The van der Waals surface area contributed by atoms with Crippen LogP contribution in [0.2, 0.25) is 0 Å². The molecule has 0 bridgehead atoms. The molecule has 14 heavy (non-hydrogen) atoms. The van der Waals surface area contributed by atoms with Crippen molar-refractivity contribution in [2.24, 2.45) is 0 Å². The van der Waals surface area contributed by atoms with Crippen molar-refractivity contribution in [2.45, 2.75) is 31.9 Å². The summed E-state index contributed by atoms with van der Waals surface area (Å²) in [5.74, 6) is 0.856. The second-order valence-corrected chi connectivity index (χ2v) is 4.23. The number of nitrogens with one attached hydrogen (secondary N) is 1. The first kappa shape index (κ1) is 9.46. The lowest BCUT2D eigenvalue weighted by molar-refractivity contribution is 0.143. The molecular formula is C11H16N2O. The van der Waals surface area contributed by atoms with E-state index in [1.165, 1.54) is 0 Å². The van der Waals surface area contributed by atoms with Crippen LogP contribution in [0.4, 0.5) is 0 Å². The van der Waals surface area contributed by atoms with Crippen molar-refractivity contribution >= 4 is 0 Å². The van der Waals surface area contributed by atoms with Gasteiger partial charge in [-0.05, 0) is 38.9 Å². The lowest BCUT2D eigenvalue weighted by Gasteiger charge is -2.27. The fourth-order valence-electron chi connectivity index (χ4n) is 1.79. The second kappa shape index (κ2) is 3.58. The molecule has 1 aromatic heterocycles. The summed E-state index contributed by atoms with van der Waals surface area (Å²) in [7, 11) is 0. The molecule has 1 aliphatic heterocycles. The van der Waals surface area contributed by atoms with E-state index in [9.17, 15) is 0 Å². The smallest absolute Gasteiger partial charge is 0.138 e. The van der Waals surface area contributed by atoms with Crippen molar-refractivity contribution in [3.05, 3.63) is 24.5 Å². The van der Waals surface area contributed by atoms with E-state index in [2.05, 4.69) is 24.1 Å². The molecule has 1 unspecified atom stereocenters. The number of rotatable bonds is 2. The van der Waals surface area contributed by atoms with Gasteiger partial charge in [-0.25, -0.2) is 0 Å². The number of aromatic nitrogens is 1. The van der Waals surface area contributed by atoms with Gasteiger partial charge >= 0.3 is 0 Å². The van der Waals surface area contributed by atoms with Crippen molar-refractivity contribution < 1.29 is 4.74 Å². The standard InChI is InChI=1S/C11H16N2O/c1-11(2)10(5-7-13-11)14-9-4-3-6-12-8-9/h3-4,6,8,10,13H,5,7H2,1-2H3. The SMILES string of the molecule is CC1(C)NCCC1Oc1cccnc1. The van der Waals surface area contributed by atoms with Crippen LogP contribution in [0.25, 0.3) is 0 Å². The van der Waals surface area contributed by atoms with Crippen LogP contribution in [0.1, 0.15) is 20.3 Å². The zero-order valence-electron chi connectivity index (χ0n) is 8.66. The Morgan fingerprint density at radius 2 is 2.43 bits per heavy atom. The Labute approximate surface area is 84.5 Å². The van der Waals surface area contributed by atoms with Gasteiger partial charge in [0, 0.05) is 11.7 Å². The zero-order valence-corrected chi connectivity index (χ0v) is 8.66. The highest BCUT2D eigenvalue weighted by molar-refractivity contribution is 5.17. The van der Waals surface area contributed by atoms with Crippen LogP contribution in [-0.2, 0) is 0 Å².